The van der Waals surface area contributed by atoms with Gasteiger partial charge in [-0.15, -0.1) is 9.60 Å². The van der Waals surface area contributed by atoms with Crippen molar-refractivity contribution in [1.29, 1.82) is 0 Å². The molecule has 0 fully saturated rings. The average molecular weight is 149 g/mol. The molecule has 0 aromatic rings. The molecule has 0 heterocycles. The number of carbonyl (C=O) groups is 1. The first-order valence-electron chi connectivity index (χ1n) is 3.14. The van der Waals surface area contributed by atoms with Crippen LogP contribution in [-0.2, 0) is 9.53 Å². The lowest BCUT2D eigenvalue weighted by Crippen LogP contribution is -2.31. The predicted molar refractivity (Wildman–Crippen MR) is 35.0 cm³/mol. The third-order valence-electron chi connectivity index (χ3n) is 1.16. The van der Waals surface area contributed by atoms with Crippen LogP contribution in [0.15, 0.2) is 0 Å². The van der Waals surface area contributed by atoms with Crippen LogP contribution in [-0.4, -0.2) is 30.8 Å². The molecule has 1 atom stereocenters. The van der Waals surface area contributed by atoms with Gasteiger partial charge in [-0.25, -0.2) is 0 Å². The van der Waals surface area contributed by atoms with E-state index in [4.69, 9.17) is 0 Å². The number of rotatable bonds is 3. The zero-order valence-electron chi connectivity index (χ0n) is 6.43. The van der Waals surface area contributed by atoms with E-state index in [-0.39, 0.29) is 6.61 Å². The topological polar surface area (TPSA) is 29.5 Å². The largest absolute Gasteiger partial charge is 0.465 e. The molecule has 0 aliphatic heterocycles. The van der Waals surface area contributed by atoms with E-state index in [0.29, 0.717) is 5.12 Å². The second kappa shape index (κ2) is 4.22. The SMILES string of the molecule is CCOC(=O)C(C)N(C)F. The van der Waals surface area contributed by atoms with Crippen LogP contribution in [0.2, 0.25) is 0 Å². The predicted octanol–water partition coefficient (Wildman–Crippen LogP) is 0.754. The molecule has 0 N–H and O–H groups in total. The Hall–Kier alpha value is -0.640. The quantitative estimate of drug-likeness (QED) is 0.438. The Morgan fingerprint density at radius 1 is 1.80 bits per heavy atom. The van der Waals surface area contributed by atoms with Gasteiger partial charge in [-0.1, -0.05) is 0 Å². The number of halogens is 1. The molecule has 4 heteroatoms. The lowest BCUT2D eigenvalue weighted by Gasteiger charge is -2.12. The first-order chi connectivity index (χ1) is 4.59. The molecule has 0 spiro atoms. The fraction of sp³-hybridized carbons (Fsp3) is 0.833. The Balaban J connectivity index is 3.71. The van der Waals surface area contributed by atoms with Crippen molar-refractivity contribution < 1.29 is 14.0 Å². The summed E-state index contributed by atoms with van der Waals surface area (Å²) >= 11 is 0. The van der Waals surface area contributed by atoms with Crippen LogP contribution in [0.5, 0.6) is 0 Å². The summed E-state index contributed by atoms with van der Waals surface area (Å²) in [6.07, 6.45) is 0. The van der Waals surface area contributed by atoms with E-state index < -0.39 is 12.0 Å². The van der Waals surface area contributed by atoms with Crippen molar-refractivity contribution >= 4 is 5.97 Å². The fourth-order valence-corrected chi connectivity index (χ4v) is 0.408. The standard InChI is InChI=1S/C6H12FNO2/c1-4-10-6(9)5(2)8(3)7/h5H,4H2,1-3H3. The molecule has 0 aliphatic rings. The van der Waals surface area contributed by atoms with Crippen molar-refractivity contribution in [2.75, 3.05) is 13.7 Å². The van der Waals surface area contributed by atoms with Gasteiger partial charge >= 0.3 is 5.97 Å². The lowest BCUT2D eigenvalue weighted by atomic mass is 10.3. The van der Waals surface area contributed by atoms with Crippen molar-refractivity contribution in [3.8, 4) is 0 Å². The average Bonchev–Trinajstić information content (AvgIpc) is 1.87. The van der Waals surface area contributed by atoms with E-state index in [1.54, 1.807) is 6.92 Å². The maximum Gasteiger partial charge on any atom is 0.325 e. The van der Waals surface area contributed by atoms with E-state index >= 15 is 0 Å². The molecule has 60 valence electrons. The third-order valence-corrected chi connectivity index (χ3v) is 1.16. The molecule has 0 saturated heterocycles. The van der Waals surface area contributed by atoms with E-state index in [2.05, 4.69) is 4.74 Å². The van der Waals surface area contributed by atoms with E-state index in [1.165, 1.54) is 14.0 Å². The fourth-order valence-electron chi connectivity index (χ4n) is 0.408. The Kier molecular flexibility index (Phi) is 3.95. The molecule has 0 aromatic carbocycles. The molecule has 0 rings (SSSR count). The van der Waals surface area contributed by atoms with Gasteiger partial charge in [0.2, 0.25) is 0 Å². The minimum absolute atomic E-state index is 0.289. The monoisotopic (exact) mass is 149 g/mol. The Morgan fingerprint density at radius 3 is 2.60 bits per heavy atom. The summed E-state index contributed by atoms with van der Waals surface area (Å²) in [6, 6.07) is -0.806. The number of ether oxygens (including phenoxy) is 1. The first kappa shape index (κ1) is 9.36. The molecule has 0 radical (unpaired) electrons. The van der Waals surface area contributed by atoms with E-state index in [1.807, 2.05) is 0 Å². The van der Waals surface area contributed by atoms with Gasteiger partial charge in [0.05, 0.1) is 6.61 Å². The van der Waals surface area contributed by atoms with Gasteiger partial charge < -0.3 is 4.74 Å². The summed E-state index contributed by atoms with van der Waals surface area (Å²) in [5.74, 6) is -0.535. The molecule has 0 saturated carbocycles. The number of carbonyl (C=O) groups excluding carboxylic acids is 1. The van der Waals surface area contributed by atoms with Crippen LogP contribution in [0.1, 0.15) is 13.8 Å². The van der Waals surface area contributed by atoms with Crippen molar-refractivity contribution in [2.45, 2.75) is 19.9 Å². The number of esters is 1. The van der Waals surface area contributed by atoms with Gasteiger partial charge in [0, 0.05) is 7.05 Å². The van der Waals surface area contributed by atoms with Gasteiger partial charge in [0.15, 0.2) is 0 Å². The van der Waals surface area contributed by atoms with Crippen LogP contribution >= 0.6 is 0 Å². The minimum atomic E-state index is -0.806. The highest BCUT2D eigenvalue weighted by molar-refractivity contribution is 5.74. The van der Waals surface area contributed by atoms with Crippen molar-refractivity contribution in [3.63, 3.8) is 0 Å². The zero-order valence-corrected chi connectivity index (χ0v) is 6.43. The van der Waals surface area contributed by atoms with Gasteiger partial charge in [0.1, 0.15) is 6.04 Å². The van der Waals surface area contributed by atoms with Crippen molar-refractivity contribution in [2.24, 2.45) is 0 Å². The van der Waals surface area contributed by atoms with Crippen LogP contribution in [0.3, 0.4) is 0 Å². The Bertz CT molecular complexity index is 116. The molecule has 10 heavy (non-hydrogen) atoms. The maximum absolute atomic E-state index is 12.2. The molecule has 0 amide bonds. The molecule has 0 aliphatic carbocycles. The molecule has 0 bridgehead atoms. The lowest BCUT2D eigenvalue weighted by molar-refractivity contribution is -0.154. The van der Waals surface area contributed by atoms with Crippen LogP contribution in [0.4, 0.5) is 4.48 Å². The normalized spacial score (nSPS) is 13.3. The minimum Gasteiger partial charge on any atom is -0.465 e. The van der Waals surface area contributed by atoms with Crippen LogP contribution in [0.25, 0.3) is 0 Å². The molecule has 3 nitrogen and oxygen atoms in total. The summed E-state index contributed by atoms with van der Waals surface area (Å²) in [6.45, 7) is 3.41. The number of likely N-dealkylation sites (N-methyl/N-ethyl adjacent to an activating group) is 1. The third kappa shape index (κ3) is 2.77. The highest BCUT2D eigenvalue weighted by Gasteiger charge is 2.18. The summed E-state index contributed by atoms with van der Waals surface area (Å²) in [5, 5.41) is 0.317. The highest BCUT2D eigenvalue weighted by Crippen LogP contribution is 1.97. The first-order valence-corrected chi connectivity index (χ1v) is 3.14. The van der Waals surface area contributed by atoms with Crippen molar-refractivity contribution in [1.82, 2.24) is 5.12 Å². The summed E-state index contributed by atoms with van der Waals surface area (Å²) in [5.41, 5.74) is 0. The van der Waals surface area contributed by atoms with Gasteiger partial charge in [-0.3, -0.25) is 4.79 Å². The molecule has 1 unspecified atom stereocenters. The smallest absolute Gasteiger partial charge is 0.325 e. The molecular weight excluding hydrogens is 137 g/mol. The second-order valence-corrected chi connectivity index (χ2v) is 1.95. The van der Waals surface area contributed by atoms with Crippen molar-refractivity contribution in [3.05, 3.63) is 0 Å². The number of nitrogens with zero attached hydrogens (tertiary/aromatic N) is 1. The second-order valence-electron chi connectivity index (χ2n) is 1.95. The highest BCUT2D eigenvalue weighted by atomic mass is 19.2. The Morgan fingerprint density at radius 2 is 2.30 bits per heavy atom. The van der Waals surface area contributed by atoms with E-state index in [9.17, 15) is 9.28 Å². The van der Waals surface area contributed by atoms with Gasteiger partial charge in [-0.2, -0.15) is 0 Å². The zero-order chi connectivity index (χ0) is 8.15. The summed E-state index contributed by atoms with van der Waals surface area (Å²) in [4.78, 5) is 10.7. The van der Waals surface area contributed by atoms with Gasteiger partial charge in [0.25, 0.3) is 0 Å². The van der Waals surface area contributed by atoms with Crippen LogP contribution < -0.4 is 0 Å². The summed E-state index contributed by atoms with van der Waals surface area (Å²) in [7, 11) is 1.18. The number of hydrogen-bond acceptors (Lipinski definition) is 3. The van der Waals surface area contributed by atoms with E-state index in [0.717, 1.165) is 0 Å². The molecule has 0 aromatic heterocycles. The van der Waals surface area contributed by atoms with Gasteiger partial charge in [-0.05, 0) is 13.8 Å². The molecular formula is C6H12FNO2. The number of hydrogen-bond donors (Lipinski definition) is 0. The summed E-state index contributed by atoms with van der Waals surface area (Å²) < 4.78 is 16.7. The van der Waals surface area contributed by atoms with Crippen LogP contribution in [0, 0.1) is 0 Å². The Labute approximate surface area is 59.7 Å². The maximum atomic E-state index is 12.2.